The fourth-order valence-corrected chi connectivity index (χ4v) is 3.40. The van der Waals surface area contributed by atoms with Crippen LogP contribution in [0.1, 0.15) is 55.4 Å². The van der Waals surface area contributed by atoms with E-state index in [1.54, 1.807) is 18.2 Å². The van der Waals surface area contributed by atoms with Gasteiger partial charge >= 0.3 is 0 Å². The monoisotopic (exact) mass is 436 g/mol. The number of hydrogen-bond acceptors (Lipinski definition) is 7. The van der Waals surface area contributed by atoms with Crippen LogP contribution in [0.25, 0.3) is 0 Å². The van der Waals surface area contributed by atoms with E-state index in [4.69, 9.17) is 40.1 Å². The van der Waals surface area contributed by atoms with Crippen LogP contribution in [0.2, 0.25) is 10.0 Å². The van der Waals surface area contributed by atoms with Crippen LogP contribution in [0.4, 0.5) is 11.6 Å². The minimum absolute atomic E-state index is 0.0460. The number of hydrogen-bond donors (Lipinski definition) is 3. The van der Waals surface area contributed by atoms with Crippen LogP contribution in [0.5, 0.6) is 0 Å². The van der Waals surface area contributed by atoms with Crippen LogP contribution in [0.15, 0.2) is 18.2 Å². The Balaban J connectivity index is 0.00000145. The van der Waals surface area contributed by atoms with Crippen molar-refractivity contribution >= 4 is 46.8 Å². The van der Waals surface area contributed by atoms with E-state index in [1.807, 2.05) is 25.7 Å². The number of rotatable bonds is 4. The van der Waals surface area contributed by atoms with Gasteiger partial charge in [-0.2, -0.15) is 0 Å². The molecule has 7 nitrogen and oxygen atoms in total. The largest absolute Gasteiger partial charge is 0.382 e. The van der Waals surface area contributed by atoms with Crippen molar-refractivity contribution in [1.82, 2.24) is 9.97 Å². The molecule has 2 heterocycles. The van der Waals surface area contributed by atoms with E-state index < -0.39 is 0 Å². The molecule has 5 N–H and O–H groups in total. The molecule has 156 valence electrons. The van der Waals surface area contributed by atoms with Gasteiger partial charge in [0.25, 0.3) is 0 Å². The molecule has 1 aromatic carbocycles. The number of nitrogens with zero attached hydrogens (tertiary/aromatic N) is 3. The zero-order valence-corrected chi connectivity index (χ0v) is 18.3. The van der Waals surface area contributed by atoms with Crippen LogP contribution in [-0.4, -0.2) is 40.6 Å². The van der Waals surface area contributed by atoms with Crippen LogP contribution < -0.4 is 16.4 Å². The molecule has 9 heteroatoms. The van der Waals surface area contributed by atoms with Crippen molar-refractivity contribution in [2.45, 2.75) is 39.2 Å². The van der Waals surface area contributed by atoms with E-state index in [9.17, 15) is 4.79 Å². The van der Waals surface area contributed by atoms with Gasteiger partial charge in [0.2, 0.25) is 0 Å². The van der Waals surface area contributed by atoms with E-state index in [0.717, 1.165) is 12.8 Å². The fourth-order valence-electron chi connectivity index (χ4n) is 3.00. The summed E-state index contributed by atoms with van der Waals surface area (Å²) in [5.41, 5.74) is 12.5. The maximum atomic E-state index is 11.6. The number of nitrogens with two attached hydrogens (primary N) is 2. The molecular formula is C20H26Cl2N6O. The summed E-state index contributed by atoms with van der Waals surface area (Å²) in [5.74, 6) is 0.462. The molecule has 29 heavy (non-hydrogen) atoms. The van der Waals surface area contributed by atoms with Gasteiger partial charge in [-0.15, -0.1) is 0 Å². The number of aldehydes is 1. The van der Waals surface area contributed by atoms with Gasteiger partial charge in [0.05, 0.1) is 15.8 Å². The van der Waals surface area contributed by atoms with Crippen molar-refractivity contribution in [1.29, 1.82) is 5.41 Å². The summed E-state index contributed by atoms with van der Waals surface area (Å²) >= 11 is 12.2. The van der Waals surface area contributed by atoms with Crippen molar-refractivity contribution in [3.63, 3.8) is 0 Å². The van der Waals surface area contributed by atoms with Gasteiger partial charge in [0.15, 0.2) is 17.9 Å². The minimum Gasteiger partial charge on any atom is -0.382 e. The Kier molecular flexibility index (Phi) is 7.57. The lowest BCUT2D eigenvalue weighted by molar-refractivity contribution is 0.111. The molecule has 0 amide bonds. The van der Waals surface area contributed by atoms with E-state index in [0.29, 0.717) is 35.8 Å². The van der Waals surface area contributed by atoms with Crippen LogP contribution in [-0.2, 0) is 0 Å². The second-order valence-corrected chi connectivity index (χ2v) is 7.69. The highest BCUT2D eigenvalue weighted by Gasteiger charge is 2.29. The molecule has 1 aliphatic rings. The second kappa shape index (κ2) is 9.52. The first-order valence-corrected chi connectivity index (χ1v) is 10.2. The van der Waals surface area contributed by atoms with Gasteiger partial charge in [0, 0.05) is 24.2 Å². The molecule has 1 aromatic heterocycles. The van der Waals surface area contributed by atoms with Gasteiger partial charge in [0.1, 0.15) is 11.4 Å². The highest BCUT2D eigenvalue weighted by atomic mass is 35.5. The van der Waals surface area contributed by atoms with E-state index in [1.165, 1.54) is 0 Å². The van der Waals surface area contributed by atoms with E-state index >= 15 is 0 Å². The number of anilines is 2. The standard InChI is InChI=1S/C18H20Cl2N6O.C2H6/c1-18(23)5-7-26(8-6-18)17-12(9-27)24-15(16(22)25-17)14(21)10-3-2-4-11(19)13(10)20;1-2/h2-4,9,21H,5-8,23H2,1H3,(H2,22,25);1-2H3. The van der Waals surface area contributed by atoms with Crippen molar-refractivity contribution in [2.24, 2.45) is 5.73 Å². The summed E-state index contributed by atoms with van der Waals surface area (Å²) in [6.07, 6.45) is 2.15. The van der Waals surface area contributed by atoms with Crippen molar-refractivity contribution in [2.75, 3.05) is 23.7 Å². The number of aromatic nitrogens is 2. The Morgan fingerprint density at radius 1 is 1.24 bits per heavy atom. The highest BCUT2D eigenvalue weighted by molar-refractivity contribution is 6.44. The Bertz CT molecular complexity index is 906. The smallest absolute Gasteiger partial charge is 0.172 e. The van der Waals surface area contributed by atoms with Gasteiger partial charge in [-0.25, -0.2) is 9.97 Å². The Labute approximate surface area is 180 Å². The summed E-state index contributed by atoms with van der Waals surface area (Å²) in [7, 11) is 0. The number of piperidine rings is 1. The van der Waals surface area contributed by atoms with Crippen LogP contribution in [0.3, 0.4) is 0 Å². The summed E-state index contributed by atoms with van der Waals surface area (Å²) in [6, 6.07) is 4.93. The number of carbonyl (C=O) groups excluding carboxylic acids is 1. The summed E-state index contributed by atoms with van der Waals surface area (Å²) < 4.78 is 0. The predicted molar refractivity (Wildman–Crippen MR) is 120 cm³/mol. The minimum atomic E-state index is -0.234. The molecule has 1 aliphatic heterocycles. The molecule has 0 unspecified atom stereocenters. The van der Waals surface area contributed by atoms with Crippen LogP contribution >= 0.6 is 23.2 Å². The number of nitrogen functional groups attached to an aromatic ring is 1. The fraction of sp³-hybridized carbons (Fsp3) is 0.400. The molecule has 3 rings (SSSR count). The molecular weight excluding hydrogens is 411 g/mol. The summed E-state index contributed by atoms with van der Waals surface area (Å²) in [4.78, 5) is 22.2. The van der Waals surface area contributed by atoms with Gasteiger partial charge in [-0.3, -0.25) is 10.2 Å². The third-order valence-electron chi connectivity index (χ3n) is 4.70. The average Bonchev–Trinajstić information content (AvgIpc) is 2.71. The molecule has 0 bridgehead atoms. The van der Waals surface area contributed by atoms with E-state index in [2.05, 4.69) is 9.97 Å². The van der Waals surface area contributed by atoms with Crippen LogP contribution in [0, 0.1) is 5.41 Å². The summed E-state index contributed by atoms with van der Waals surface area (Å²) in [5, 5.41) is 8.95. The first-order valence-electron chi connectivity index (χ1n) is 9.43. The number of carbonyl (C=O) groups is 1. The van der Waals surface area contributed by atoms with Gasteiger partial charge < -0.3 is 16.4 Å². The topological polar surface area (TPSA) is 122 Å². The first kappa shape index (κ1) is 23.1. The Morgan fingerprint density at radius 2 is 1.86 bits per heavy atom. The van der Waals surface area contributed by atoms with Crippen molar-refractivity contribution in [3.05, 3.63) is 45.2 Å². The van der Waals surface area contributed by atoms with Gasteiger partial charge in [-0.05, 0) is 25.8 Å². The number of benzene rings is 1. The number of halogens is 2. The molecule has 1 fully saturated rings. The third-order valence-corrected chi connectivity index (χ3v) is 5.52. The lowest BCUT2D eigenvalue weighted by Gasteiger charge is -2.37. The molecule has 0 radical (unpaired) electrons. The Morgan fingerprint density at radius 3 is 2.45 bits per heavy atom. The van der Waals surface area contributed by atoms with Crippen molar-refractivity contribution < 1.29 is 4.79 Å². The normalized spacial score (nSPS) is 15.3. The molecule has 0 saturated carbocycles. The van der Waals surface area contributed by atoms with E-state index in [-0.39, 0.29) is 33.5 Å². The maximum Gasteiger partial charge on any atom is 0.172 e. The lowest BCUT2D eigenvalue weighted by atomic mass is 9.91. The maximum absolute atomic E-state index is 11.6. The molecule has 2 aromatic rings. The van der Waals surface area contributed by atoms with Gasteiger partial charge in [-0.1, -0.05) is 49.2 Å². The molecule has 0 atom stereocenters. The second-order valence-electron chi connectivity index (χ2n) is 6.90. The third kappa shape index (κ3) is 5.04. The Hall–Kier alpha value is -2.22. The molecule has 0 aliphatic carbocycles. The molecule has 0 spiro atoms. The zero-order valence-electron chi connectivity index (χ0n) is 16.8. The highest BCUT2D eigenvalue weighted by Crippen LogP contribution is 2.30. The number of nitrogens with one attached hydrogen (secondary N) is 1. The molecule has 1 saturated heterocycles. The van der Waals surface area contributed by atoms with Crippen molar-refractivity contribution in [3.8, 4) is 0 Å². The zero-order chi connectivity index (χ0) is 21.8. The lowest BCUT2D eigenvalue weighted by Crippen LogP contribution is -2.48. The predicted octanol–water partition coefficient (Wildman–Crippen LogP) is 3.94. The quantitative estimate of drug-likeness (QED) is 0.492. The average molecular weight is 437 g/mol. The summed E-state index contributed by atoms with van der Waals surface area (Å²) in [6.45, 7) is 7.31. The SMILES string of the molecule is CC.CC1(N)CCN(c2nc(N)c(C(=N)c3cccc(Cl)c3Cl)nc2C=O)CC1. The first-order chi connectivity index (χ1) is 13.7.